The second kappa shape index (κ2) is 4.44. The molecule has 0 aliphatic carbocycles. The zero-order chi connectivity index (χ0) is 8.15. The lowest BCUT2D eigenvalue weighted by Crippen LogP contribution is -2.24. The smallest absolute Gasteiger partial charge is 0.0816 e. The van der Waals surface area contributed by atoms with Gasteiger partial charge in [0.1, 0.15) is 0 Å². The van der Waals surface area contributed by atoms with Crippen LogP contribution in [0, 0.1) is 5.92 Å². The number of rotatable bonds is 4. The van der Waals surface area contributed by atoms with Gasteiger partial charge < -0.3 is 15.3 Å². The Morgan fingerprint density at radius 3 is 2.30 bits per heavy atom. The Labute approximate surface area is 60.6 Å². The zero-order valence-electron chi connectivity index (χ0n) is 6.12. The van der Waals surface area contributed by atoms with Crippen molar-refractivity contribution >= 4 is 0 Å². The molecule has 0 aliphatic rings. The molecule has 0 heterocycles. The van der Waals surface area contributed by atoms with Gasteiger partial charge in [0.05, 0.1) is 12.7 Å². The molecule has 0 saturated heterocycles. The normalized spacial score (nSPS) is 16.4. The minimum Gasteiger partial charge on any atom is -0.396 e. The third-order valence-corrected chi connectivity index (χ3v) is 1.45. The van der Waals surface area contributed by atoms with Gasteiger partial charge in [-0.2, -0.15) is 0 Å². The van der Waals surface area contributed by atoms with Crippen LogP contribution in [0.2, 0.25) is 0 Å². The Hall–Kier alpha value is -0.380. The van der Waals surface area contributed by atoms with E-state index in [0.717, 1.165) is 0 Å². The van der Waals surface area contributed by atoms with E-state index in [2.05, 4.69) is 6.58 Å². The molecule has 10 heavy (non-hydrogen) atoms. The van der Waals surface area contributed by atoms with Gasteiger partial charge in [-0.05, 0) is 5.57 Å². The molecule has 3 nitrogen and oxygen atoms in total. The van der Waals surface area contributed by atoms with Crippen LogP contribution in [0.15, 0.2) is 12.2 Å². The molecule has 0 radical (unpaired) electrons. The zero-order valence-corrected chi connectivity index (χ0v) is 6.12. The van der Waals surface area contributed by atoms with Gasteiger partial charge in [-0.25, -0.2) is 0 Å². The maximum atomic E-state index is 9.17. The van der Waals surface area contributed by atoms with E-state index in [4.69, 9.17) is 15.3 Å². The summed E-state index contributed by atoms with van der Waals surface area (Å²) in [5, 5.41) is 26.2. The van der Waals surface area contributed by atoms with E-state index in [0.29, 0.717) is 5.57 Å². The lowest BCUT2D eigenvalue weighted by molar-refractivity contribution is 0.0942. The number of aliphatic hydroxyl groups is 3. The summed E-state index contributed by atoms with van der Waals surface area (Å²) >= 11 is 0. The first-order valence-electron chi connectivity index (χ1n) is 3.21. The third-order valence-electron chi connectivity index (χ3n) is 1.45. The first-order chi connectivity index (χ1) is 4.63. The summed E-state index contributed by atoms with van der Waals surface area (Å²) in [4.78, 5) is 0. The molecule has 0 rings (SSSR count). The van der Waals surface area contributed by atoms with E-state index < -0.39 is 6.10 Å². The molecule has 2 atom stereocenters. The van der Waals surface area contributed by atoms with Gasteiger partial charge in [0.2, 0.25) is 0 Å². The van der Waals surface area contributed by atoms with Crippen molar-refractivity contribution in [3.63, 3.8) is 0 Å². The summed E-state index contributed by atoms with van der Waals surface area (Å²) in [5.74, 6) is -0.250. The first-order valence-corrected chi connectivity index (χ1v) is 3.21. The molecule has 3 heteroatoms. The van der Waals surface area contributed by atoms with Crippen LogP contribution < -0.4 is 0 Å². The predicted octanol–water partition coefficient (Wildman–Crippen LogP) is -0.476. The van der Waals surface area contributed by atoms with Crippen molar-refractivity contribution in [2.24, 2.45) is 5.92 Å². The van der Waals surface area contributed by atoms with Crippen LogP contribution in [0.5, 0.6) is 0 Å². The lowest BCUT2D eigenvalue weighted by atomic mass is 10.00. The van der Waals surface area contributed by atoms with Gasteiger partial charge in [0.25, 0.3) is 0 Å². The SMILES string of the molecule is C=C(CO)[C@H](O)[C@H](C)CO. The minimum absolute atomic E-state index is 0.0970. The Balaban J connectivity index is 3.81. The van der Waals surface area contributed by atoms with Crippen molar-refractivity contribution < 1.29 is 15.3 Å². The highest BCUT2D eigenvalue weighted by atomic mass is 16.3. The van der Waals surface area contributed by atoms with Crippen molar-refractivity contribution in [2.75, 3.05) is 13.2 Å². The molecule has 0 saturated carbocycles. The summed E-state index contributed by atoms with van der Waals surface area (Å²) in [5.41, 5.74) is 0.349. The molecular formula is C7H14O3. The molecule has 0 aromatic rings. The molecule has 0 amide bonds. The molecule has 3 N–H and O–H groups in total. The quantitative estimate of drug-likeness (QED) is 0.470. The van der Waals surface area contributed by atoms with E-state index in [9.17, 15) is 0 Å². The summed E-state index contributed by atoms with van der Waals surface area (Å²) < 4.78 is 0. The van der Waals surface area contributed by atoms with E-state index in [1.54, 1.807) is 6.92 Å². The number of aliphatic hydroxyl groups excluding tert-OH is 3. The molecule has 0 spiro atoms. The summed E-state index contributed by atoms with van der Waals surface area (Å²) in [6.07, 6.45) is -0.796. The monoisotopic (exact) mass is 146 g/mol. The van der Waals surface area contributed by atoms with Crippen molar-refractivity contribution in [2.45, 2.75) is 13.0 Å². The minimum atomic E-state index is -0.796. The summed E-state index contributed by atoms with van der Waals surface area (Å²) in [7, 11) is 0. The van der Waals surface area contributed by atoms with E-state index >= 15 is 0 Å². The van der Waals surface area contributed by atoms with Gasteiger partial charge in [-0.15, -0.1) is 0 Å². The van der Waals surface area contributed by atoms with Crippen LogP contribution in [0.3, 0.4) is 0 Å². The van der Waals surface area contributed by atoms with Gasteiger partial charge in [-0.3, -0.25) is 0 Å². The van der Waals surface area contributed by atoms with Crippen molar-refractivity contribution in [1.82, 2.24) is 0 Å². The molecule has 0 fully saturated rings. The molecule has 0 bridgehead atoms. The largest absolute Gasteiger partial charge is 0.396 e. The number of hydrogen-bond donors (Lipinski definition) is 3. The molecular weight excluding hydrogens is 132 g/mol. The van der Waals surface area contributed by atoms with E-state index in [-0.39, 0.29) is 19.1 Å². The van der Waals surface area contributed by atoms with Crippen LogP contribution in [0.25, 0.3) is 0 Å². The van der Waals surface area contributed by atoms with Crippen molar-refractivity contribution in [3.05, 3.63) is 12.2 Å². The van der Waals surface area contributed by atoms with E-state index in [1.807, 2.05) is 0 Å². The molecule has 0 aromatic carbocycles. The second-order valence-corrected chi connectivity index (χ2v) is 2.42. The lowest BCUT2D eigenvalue weighted by Gasteiger charge is -2.16. The van der Waals surface area contributed by atoms with Crippen LogP contribution in [0.4, 0.5) is 0 Å². The fraction of sp³-hybridized carbons (Fsp3) is 0.714. The molecule has 60 valence electrons. The van der Waals surface area contributed by atoms with Crippen molar-refractivity contribution in [1.29, 1.82) is 0 Å². The highest BCUT2D eigenvalue weighted by Crippen LogP contribution is 2.08. The summed E-state index contributed by atoms with van der Waals surface area (Å²) in [6, 6.07) is 0. The highest BCUT2D eigenvalue weighted by Gasteiger charge is 2.14. The Kier molecular flexibility index (Phi) is 4.27. The first kappa shape index (κ1) is 9.62. The van der Waals surface area contributed by atoms with Gasteiger partial charge >= 0.3 is 0 Å². The van der Waals surface area contributed by atoms with Gasteiger partial charge in [0, 0.05) is 12.5 Å². The van der Waals surface area contributed by atoms with Crippen LogP contribution in [-0.2, 0) is 0 Å². The third kappa shape index (κ3) is 2.47. The molecule has 0 aliphatic heterocycles. The average Bonchev–Trinajstić information content (AvgIpc) is 2.00. The number of hydrogen-bond acceptors (Lipinski definition) is 3. The van der Waals surface area contributed by atoms with E-state index in [1.165, 1.54) is 0 Å². The topological polar surface area (TPSA) is 60.7 Å². The van der Waals surface area contributed by atoms with Crippen molar-refractivity contribution in [3.8, 4) is 0 Å². The van der Waals surface area contributed by atoms with Crippen LogP contribution >= 0.6 is 0 Å². The Morgan fingerprint density at radius 2 is 2.00 bits per heavy atom. The maximum absolute atomic E-state index is 9.17. The van der Waals surface area contributed by atoms with Gasteiger partial charge in [0.15, 0.2) is 0 Å². The second-order valence-electron chi connectivity index (χ2n) is 2.42. The standard InChI is InChI=1S/C7H14O3/c1-5(3-8)7(10)6(2)4-9/h6-10H,1,3-4H2,2H3/t6-,7+/m1/s1. The summed E-state index contributed by atoms with van der Waals surface area (Å²) in [6.45, 7) is 4.79. The van der Waals surface area contributed by atoms with Gasteiger partial charge in [-0.1, -0.05) is 13.5 Å². The predicted molar refractivity (Wildman–Crippen MR) is 38.5 cm³/mol. The maximum Gasteiger partial charge on any atom is 0.0816 e. The molecule has 0 aromatic heterocycles. The van der Waals surface area contributed by atoms with Crippen LogP contribution in [-0.4, -0.2) is 34.6 Å². The average molecular weight is 146 g/mol. The highest BCUT2D eigenvalue weighted by molar-refractivity contribution is 5.02. The molecule has 0 unspecified atom stereocenters. The fourth-order valence-electron chi connectivity index (χ4n) is 0.596. The Morgan fingerprint density at radius 1 is 1.50 bits per heavy atom. The Bertz CT molecular complexity index is 111. The fourth-order valence-corrected chi connectivity index (χ4v) is 0.596. The van der Waals surface area contributed by atoms with Crippen LogP contribution in [0.1, 0.15) is 6.92 Å².